The molecule has 1 aromatic rings. The predicted molar refractivity (Wildman–Crippen MR) is 56.8 cm³/mol. The molecule has 62 valence electrons. The van der Waals surface area contributed by atoms with Gasteiger partial charge in [-0.2, -0.15) is 5.26 Å². The van der Waals surface area contributed by atoms with Gasteiger partial charge >= 0.3 is 0 Å². The third-order valence-electron chi connectivity index (χ3n) is 1.48. The number of rotatable bonds is 1. The molecule has 0 atom stereocenters. The van der Waals surface area contributed by atoms with Crippen LogP contribution < -0.4 is 5.73 Å². The lowest BCUT2D eigenvalue weighted by atomic mass is 10.1. The summed E-state index contributed by atoms with van der Waals surface area (Å²) in [6, 6.07) is 5.55. The van der Waals surface area contributed by atoms with Gasteiger partial charge in [-0.1, -0.05) is 11.6 Å². The molecule has 0 unspecified atom stereocenters. The molecule has 0 amide bonds. The van der Waals surface area contributed by atoms with Crippen molar-refractivity contribution in [1.29, 1.82) is 5.26 Å². The predicted octanol–water partition coefficient (Wildman–Crippen LogP) is 2.27. The molecule has 0 heterocycles. The smallest absolute Gasteiger partial charge is 0.100 e. The second-order valence-corrected chi connectivity index (χ2v) is 3.81. The minimum absolute atomic E-state index is 0.366. The third-order valence-corrected chi connectivity index (χ3v) is 2.72. The van der Waals surface area contributed by atoms with Crippen LogP contribution in [-0.2, 0) is 6.54 Å². The van der Waals surface area contributed by atoms with Crippen LogP contribution in [0, 0.1) is 14.9 Å². The summed E-state index contributed by atoms with van der Waals surface area (Å²) in [5, 5.41) is 9.32. The SMILES string of the molecule is N#Cc1cc(CN)c(Cl)cc1I. The van der Waals surface area contributed by atoms with Crippen LogP contribution in [0.1, 0.15) is 11.1 Å². The number of hydrogen-bond donors (Lipinski definition) is 1. The van der Waals surface area contributed by atoms with Crippen LogP contribution in [0.4, 0.5) is 0 Å². The van der Waals surface area contributed by atoms with Gasteiger partial charge in [-0.15, -0.1) is 0 Å². The lowest BCUT2D eigenvalue weighted by Gasteiger charge is -2.02. The van der Waals surface area contributed by atoms with Crippen molar-refractivity contribution in [3.8, 4) is 6.07 Å². The molecule has 0 spiro atoms. The van der Waals surface area contributed by atoms with Crippen molar-refractivity contribution in [2.75, 3.05) is 0 Å². The fourth-order valence-electron chi connectivity index (χ4n) is 0.836. The first-order valence-corrected chi connectivity index (χ1v) is 4.72. The van der Waals surface area contributed by atoms with E-state index in [1.54, 1.807) is 12.1 Å². The van der Waals surface area contributed by atoms with Gasteiger partial charge < -0.3 is 5.73 Å². The van der Waals surface area contributed by atoms with E-state index in [0.717, 1.165) is 9.13 Å². The average Bonchev–Trinajstić information content (AvgIpc) is 2.05. The van der Waals surface area contributed by atoms with Gasteiger partial charge in [-0.3, -0.25) is 0 Å². The fourth-order valence-corrected chi connectivity index (χ4v) is 1.85. The van der Waals surface area contributed by atoms with Gasteiger partial charge in [-0.05, 0) is 40.3 Å². The Kier molecular flexibility index (Phi) is 3.32. The van der Waals surface area contributed by atoms with Crippen molar-refractivity contribution in [2.45, 2.75) is 6.54 Å². The molecular weight excluding hydrogens is 286 g/mol. The molecule has 1 rings (SSSR count). The first kappa shape index (κ1) is 9.78. The summed E-state index contributed by atoms with van der Waals surface area (Å²) >= 11 is 7.94. The van der Waals surface area contributed by atoms with Crippen LogP contribution in [0.15, 0.2) is 12.1 Å². The van der Waals surface area contributed by atoms with Gasteiger partial charge in [-0.25, -0.2) is 0 Å². The lowest BCUT2D eigenvalue weighted by Crippen LogP contribution is -1.98. The van der Waals surface area contributed by atoms with Gasteiger partial charge in [0, 0.05) is 15.1 Å². The van der Waals surface area contributed by atoms with Gasteiger partial charge in [0.25, 0.3) is 0 Å². The molecule has 4 heteroatoms. The third kappa shape index (κ3) is 1.89. The second kappa shape index (κ2) is 4.08. The molecule has 0 bridgehead atoms. The number of benzene rings is 1. The molecule has 0 fully saturated rings. The zero-order valence-electron chi connectivity index (χ0n) is 6.14. The average molecular weight is 293 g/mol. The Hall–Kier alpha value is -0.310. The maximum Gasteiger partial charge on any atom is 0.100 e. The van der Waals surface area contributed by atoms with Crippen LogP contribution >= 0.6 is 34.2 Å². The number of hydrogen-bond acceptors (Lipinski definition) is 2. The molecular formula is C8H6ClIN2. The molecule has 1 aromatic carbocycles. The van der Waals surface area contributed by atoms with E-state index in [9.17, 15) is 0 Å². The van der Waals surface area contributed by atoms with Gasteiger partial charge in [0.05, 0.1) is 5.56 Å². The zero-order valence-corrected chi connectivity index (χ0v) is 9.06. The van der Waals surface area contributed by atoms with Crippen molar-refractivity contribution in [1.82, 2.24) is 0 Å². The van der Waals surface area contributed by atoms with E-state index in [1.165, 1.54) is 0 Å². The van der Waals surface area contributed by atoms with E-state index >= 15 is 0 Å². The lowest BCUT2D eigenvalue weighted by molar-refractivity contribution is 1.07. The minimum Gasteiger partial charge on any atom is -0.326 e. The zero-order chi connectivity index (χ0) is 9.14. The standard InChI is InChI=1S/C8H6ClIN2/c9-7-2-8(10)6(4-12)1-5(7)3-11/h1-2H,3,11H2. The normalized spacial score (nSPS) is 9.50. The molecule has 0 saturated heterocycles. The number of nitriles is 1. The molecule has 12 heavy (non-hydrogen) atoms. The van der Waals surface area contributed by atoms with Crippen molar-refractivity contribution in [3.05, 3.63) is 31.9 Å². The monoisotopic (exact) mass is 292 g/mol. The van der Waals surface area contributed by atoms with E-state index < -0.39 is 0 Å². The van der Waals surface area contributed by atoms with Gasteiger partial charge in [0.2, 0.25) is 0 Å². The Balaban J connectivity index is 3.30. The molecule has 0 saturated carbocycles. The Bertz CT molecular complexity index is 344. The summed E-state index contributed by atoms with van der Waals surface area (Å²) in [6.45, 7) is 0.366. The highest BCUT2D eigenvalue weighted by Crippen LogP contribution is 2.22. The van der Waals surface area contributed by atoms with E-state index in [2.05, 4.69) is 28.7 Å². The molecule has 0 aromatic heterocycles. The van der Waals surface area contributed by atoms with Crippen molar-refractivity contribution < 1.29 is 0 Å². The van der Waals surface area contributed by atoms with Gasteiger partial charge in [0.1, 0.15) is 6.07 Å². The summed E-state index contributed by atoms with van der Waals surface area (Å²) in [6.07, 6.45) is 0. The summed E-state index contributed by atoms with van der Waals surface area (Å²) in [5.41, 5.74) is 6.87. The second-order valence-electron chi connectivity index (χ2n) is 2.24. The maximum absolute atomic E-state index is 8.69. The summed E-state index contributed by atoms with van der Waals surface area (Å²) in [5.74, 6) is 0. The summed E-state index contributed by atoms with van der Waals surface area (Å²) < 4.78 is 0.859. The van der Waals surface area contributed by atoms with Crippen molar-refractivity contribution in [3.63, 3.8) is 0 Å². The quantitative estimate of drug-likeness (QED) is 0.807. The van der Waals surface area contributed by atoms with Crippen LogP contribution in [0.5, 0.6) is 0 Å². The highest BCUT2D eigenvalue weighted by molar-refractivity contribution is 14.1. The van der Waals surface area contributed by atoms with Crippen molar-refractivity contribution in [2.24, 2.45) is 5.73 Å². The minimum atomic E-state index is 0.366. The Labute approximate surface area is 89.5 Å². The molecule has 0 aliphatic carbocycles. The Morgan fingerprint density at radius 1 is 1.58 bits per heavy atom. The van der Waals surface area contributed by atoms with E-state index in [0.29, 0.717) is 17.1 Å². The Morgan fingerprint density at radius 2 is 2.25 bits per heavy atom. The first-order valence-electron chi connectivity index (χ1n) is 3.27. The van der Waals surface area contributed by atoms with Crippen LogP contribution in [0.3, 0.4) is 0 Å². The summed E-state index contributed by atoms with van der Waals surface area (Å²) in [7, 11) is 0. The van der Waals surface area contributed by atoms with E-state index in [4.69, 9.17) is 22.6 Å². The van der Waals surface area contributed by atoms with E-state index in [1.807, 2.05) is 0 Å². The highest BCUT2D eigenvalue weighted by atomic mass is 127. The highest BCUT2D eigenvalue weighted by Gasteiger charge is 2.04. The number of nitrogens with zero attached hydrogens (tertiary/aromatic N) is 1. The molecule has 0 aliphatic heterocycles. The van der Waals surface area contributed by atoms with Crippen LogP contribution in [0.2, 0.25) is 5.02 Å². The van der Waals surface area contributed by atoms with Crippen LogP contribution in [-0.4, -0.2) is 0 Å². The molecule has 2 nitrogen and oxygen atoms in total. The molecule has 0 radical (unpaired) electrons. The van der Waals surface area contributed by atoms with E-state index in [-0.39, 0.29) is 0 Å². The number of nitrogens with two attached hydrogens (primary N) is 1. The topological polar surface area (TPSA) is 49.8 Å². The maximum atomic E-state index is 8.69. The van der Waals surface area contributed by atoms with Crippen molar-refractivity contribution >= 4 is 34.2 Å². The molecule has 2 N–H and O–H groups in total. The van der Waals surface area contributed by atoms with Gasteiger partial charge in [0.15, 0.2) is 0 Å². The fraction of sp³-hybridized carbons (Fsp3) is 0.125. The Morgan fingerprint density at radius 3 is 2.75 bits per heavy atom. The largest absolute Gasteiger partial charge is 0.326 e. The molecule has 0 aliphatic rings. The van der Waals surface area contributed by atoms with Crippen LogP contribution in [0.25, 0.3) is 0 Å². The summed E-state index contributed by atoms with van der Waals surface area (Å²) in [4.78, 5) is 0. The number of halogens is 2. The first-order chi connectivity index (χ1) is 5.69.